The van der Waals surface area contributed by atoms with E-state index in [9.17, 15) is 9.59 Å². The minimum atomic E-state index is -0.412. The van der Waals surface area contributed by atoms with Crippen LogP contribution in [0, 0.1) is 5.92 Å². The van der Waals surface area contributed by atoms with Gasteiger partial charge >= 0.3 is 0 Å². The summed E-state index contributed by atoms with van der Waals surface area (Å²) in [7, 11) is 0. The average Bonchev–Trinajstić information content (AvgIpc) is 2.55. The van der Waals surface area contributed by atoms with Crippen molar-refractivity contribution in [2.24, 2.45) is 11.7 Å². The normalized spacial score (nSPS) is 16.4. The zero-order valence-corrected chi connectivity index (χ0v) is 15.2. The summed E-state index contributed by atoms with van der Waals surface area (Å²) >= 11 is 0. The number of amides is 2. The molecule has 0 saturated carbocycles. The summed E-state index contributed by atoms with van der Waals surface area (Å²) in [5.41, 5.74) is 6.65. The van der Waals surface area contributed by atoms with Gasteiger partial charge in [-0.15, -0.1) is 12.4 Å². The first kappa shape index (κ1) is 20.5. The zero-order chi connectivity index (χ0) is 16.8. The number of nitrogens with two attached hydrogens (primary N) is 1. The molecule has 1 aliphatic heterocycles. The summed E-state index contributed by atoms with van der Waals surface area (Å²) in [5, 5.41) is 3.05. The van der Waals surface area contributed by atoms with Crippen LogP contribution in [0.4, 0.5) is 0 Å². The maximum absolute atomic E-state index is 12.3. The van der Waals surface area contributed by atoms with Crippen LogP contribution in [-0.4, -0.2) is 41.9 Å². The molecule has 24 heavy (non-hydrogen) atoms. The molecule has 5 nitrogen and oxygen atoms in total. The van der Waals surface area contributed by atoms with Gasteiger partial charge in [-0.3, -0.25) is 9.59 Å². The molecule has 1 aromatic carbocycles. The fourth-order valence-corrected chi connectivity index (χ4v) is 2.95. The zero-order valence-electron chi connectivity index (χ0n) is 14.4. The molecule has 1 aromatic rings. The lowest BCUT2D eigenvalue weighted by atomic mass is 10.0. The van der Waals surface area contributed by atoms with Crippen molar-refractivity contribution in [2.45, 2.75) is 45.2 Å². The Hall–Kier alpha value is -1.59. The van der Waals surface area contributed by atoms with Gasteiger partial charge < -0.3 is 16.0 Å². The van der Waals surface area contributed by atoms with E-state index in [1.54, 1.807) is 12.1 Å². The predicted molar refractivity (Wildman–Crippen MR) is 98.2 cm³/mol. The number of benzene rings is 1. The van der Waals surface area contributed by atoms with Crippen molar-refractivity contribution < 1.29 is 9.59 Å². The first-order chi connectivity index (χ1) is 11.0. The Kier molecular flexibility index (Phi) is 8.22. The summed E-state index contributed by atoms with van der Waals surface area (Å²) in [6.45, 7) is 5.45. The predicted octanol–water partition coefficient (Wildman–Crippen LogP) is 2.20. The maximum Gasteiger partial charge on any atom is 0.251 e. The molecule has 0 unspecified atom stereocenters. The van der Waals surface area contributed by atoms with Gasteiger partial charge in [0.2, 0.25) is 5.91 Å². The molecule has 1 aliphatic rings. The van der Waals surface area contributed by atoms with Crippen molar-refractivity contribution >= 4 is 24.2 Å². The largest absolute Gasteiger partial charge is 0.349 e. The number of nitrogens with one attached hydrogen (secondary N) is 1. The number of rotatable bonds is 5. The third-order valence-electron chi connectivity index (χ3n) is 4.22. The standard InChI is InChI=1S/C18H27N3O2.ClH/c1-13(2)12-16(19)18(23)21-10-8-15(9-11-21)20-17(22)14-6-4-3-5-7-14;/h3-7,13,15-16H,8-12,19H2,1-2H3,(H,20,22);1H/t16-;/m0./s1. The first-order valence-corrected chi connectivity index (χ1v) is 8.37. The van der Waals surface area contributed by atoms with Gasteiger partial charge in [0.05, 0.1) is 6.04 Å². The van der Waals surface area contributed by atoms with Crippen LogP contribution in [0.25, 0.3) is 0 Å². The lowest BCUT2D eigenvalue weighted by molar-refractivity contribution is -0.134. The van der Waals surface area contributed by atoms with Crippen LogP contribution in [0.3, 0.4) is 0 Å². The summed E-state index contributed by atoms with van der Waals surface area (Å²) < 4.78 is 0. The second-order valence-corrected chi connectivity index (χ2v) is 6.68. The number of halogens is 1. The summed E-state index contributed by atoms with van der Waals surface area (Å²) in [6, 6.07) is 8.91. The number of piperidine rings is 1. The summed E-state index contributed by atoms with van der Waals surface area (Å²) in [5.74, 6) is 0.398. The maximum atomic E-state index is 12.3. The van der Waals surface area contributed by atoms with Gasteiger partial charge in [0.25, 0.3) is 5.91 Å². The van der Waals surface area contributed by atoms with E-state index in [-0.39, 0.29) is 30.3 Å². The molecule has 0 bridgehead atoms. The number of carbonyl (C=O) groups is 2. The van der Waals surface area contributed by atoms with Gasteiger partial charge in [-0.25, -0.2) is 0 Å². The van der Waals surface area contributed by atoms with Crippen LogP contribution < -0.4 is 11.1 Å². The molecular weight excluding hydrogens is 326 g/mol. The number of likely N-dealkylation sites (tertiary alicyclic amines) is 1. The van der Waals surface area contributed by atoms with Crippen LogP contribution >= 0.6 is 12.4 Å². The molecule has 1 fully saturated rings. The smallest absolute Gasteiger partial charge is 0.251 e. The first-order valence-electron chi connectivity index (χ1n) is 8.37. The van der Waals surface area contributed by atoms with Crippen LogP contribution in [-0.2, 0) is 4.79 Å². The fourth-order valence-electron chi connectivity index (χ4n) is 2.95. The highest BCUT2D eigenvalue weighted by Crippen LogP contribution is 2.14. The van der Waals surface area contributed by atoms with Crippen LogP contribution in [0.15, 0.2) is 30.3 Å². The monoisotopic (exact) mass is 353 g/mol. The lowest BCUT2D eigenvalue weighted by Gasteiger charge is -2.34. The number of hydrogen-bond donors (Lipinski definition) is 2. The molecule has 2 rings (SSSR count). The van der Waals surface area contributed by atoms with Crippen molar-refractivity contribution in [3.8, 4) is 0 Å². The molecule has 0 radical (unpaired) electrons. The van der Waals surface area contributed by atoms with Crippen LogP contribution in [0.2, 0.25) is 0 Å². The van der Waals surface area contributed by atoms with Crippen LogP contribution in [0.5, 0.6) is 0 Å². The van der Waals surface area contributed by atoms with E-state index in [1.807, 2.05) is 23.1 Å². The Balaban J connectivity index is 0.00000288. The Morgan fingerprint density at radius 1 is 1.21 bits per heavy atom. The second-order valence-electron chi connectivity index (χ2n) is 6.68. The molecular formula is C18H28ClN3O2. The third-order valence-corrected chi connectivity index (χ3v) is 4.22. The second kappa shape index (κ2) is 9.64. The molecule has 0 aromatic heterocycles. The van der Waals surface area contributed by atoms with E-state index < -0.39 is 6.04 Å². The molecule has 3 N–H and O–H groups in total. The lowest BCUT2D eigenvalue weighted by Crippen LogP contribution is -2.51. The number of hydrogen-bond acceptors (Lipinski definition) is 3. The molecule has 1 atom stereocenters. The topological polar surface area (TPSA) is 75.4 Å². The van der Waals surface area contributed by atoms with Gasteiger partial charge in [-0.05, 0) is 37.3 Å². The number of carbonyl (C=O) groups excluding carboxylic acids is 2. The molecule has 6 heteroatoms. The van der Waals surface area contributed by atoms with Gasteiger partial charge in [0, 0.05) is 24.7 Å². The van der Waals surface area contributed by atoms with Crippen molar-refractivity contribution in [2.75, 3.05) is 13.1 Å². The highest BCUT2D eigenvalue weighted by molar-refractivity contribution is 5.94. The quantitative estimate of drug-likeness (QED) is 0.852. The average molecular weight is 354 g/mol. The van der Waals surface area contributed by atoms with Gasteiger partial charge in [0.1, 0.15) is 0 Å². The highest BCUT2D eigenvalue weighted by atomic mass is 35.5. The van der Waals surface area contributed by atoms with Crippen LogP contribution in [0.1, 0.15) is 43.5 Å². The van der Waals surface area contributed by atoms with Crippen molar-refractivity contribution in [1.29, 1.82) is 0 Å². The van der Waals surface area contributed by atoms with E-state index in [1.165, 1.54) is 0 Å². The van der Waals surface area contributed by atoms with Gasteiger partial charge in [-0.2, -0.15) is 0 Å². The van der Waals surface area contributed by atoms with Gasteiger partial charge in [0.15, 0.2) is 0 Å². The van der Waals surface area contributed by atoms with E-state index in [0.717, 1.165) is 12.8 Å². The van der Waals surface area contributed by atoms with E-state index >= 15 is 0 Å². The summed E-state index contributed by atoms with van der Waals surface area (Å²) in [6.07, 6.45) is 2.26. The molecule has 0 spiro atoms. The molecule has 1 saturated heterocycles. The van der Waals surface area contributed by atoms with Gasteiger partial charge in [-0.1, -0.05) is 32.0 Å². The fraction of sp³-hybridized carbons (Fsp3) is 0.556. The Bertz CT molecular complexity index is 528. The van der Waals surface area contributed by atoms with E-state index in [0.29, 0.717) is 31.0 Å². The van der Waals surface area contributed by atoms with Crippen molar-refractivity contribution in [3.05, 3.63) is 35.9 Å². The minimum absolute atomic E-state index is 0. The van der Waals surface area contributed by atoms with E-state index in [2.05, 4.69) is 19.2 Å². The molecule has 2 amide bonds. The minimum Gasteiger partial charge on any atom is -0.349 e. The summed E-state index contributed by atoms with van der Waals surface area (Å²) in [4.78, 5) is 26.3. The van der Waals surface area contributed by atoms with Crippen molar-refractivity contribution in [1.82, 2.24) is 10.2 Å². The molecule has 1 heterocycles. The number of nitrogens with zero attached hydrogens (tertiary/aromatic N) is 1. The SMILES string of the molecule is CC(C)C[C@H](N)C(=O)N1CCC(NC(=O)c2ccccc2)CC1.Cl. The Labute approximate surface area is 150 Å². The third kappa shape index (κ3) is 5.80. The Morgan fingerprint density at radius 2 is 1.79 bits per heavy atom. The van der Waals surface area contributed by atoms with Crippen molar-refractivity contribution in [3.63, 3.8) is 0 Å². The molecule has 0 aliphatic carbocycles. The highest BCUT2D eigenvalue weighted by Gasteiger charge is 2.27. The Morgan fingerprint density at radius 3 is 2.33 bits per heavy atom. The van der Waals surface area contributed by atoms with E-state index in [4.69, 9.17) is 5.73 Å². The molecule has 134 valence electrons.